The minimum absolute atomic E-state index is 0.125. The van der Waals surface area contributed by atoms with Crippen LogP contribution in [0.15, 0.2) is 38.0 Å². The lowest BCUT2D eigenvalue weighted by Crippen LogP contribution is -1.85. The van der Waals surface area contributed by atoms with Gasteiger partial charge in [0.15, 0.2) is 0 Å². The summed E-state index contributed by atoms with van der Waals surface area (Å²) >= 11 is 0. The van der Waals surface area contributed by atoms with Crippen molar-refractivity contribution in [2.45, 2.75) is 20.8 Å². The molecule has 0 aromatic heterocycles. The van der Waals surface area contributed by atoms with Gasteiger partial charge in [-0.2, -0.15) is 0 Å². The first kappa shape index (κ1) is 29.8. The van der Waals surface area contributed by atoms with Crippen LogP contribution in [0, 0.1) is 0 Å². The lowest BCUT2D eigenvalue weighted by atomic mass is 10.8. The smallest absolute Gasteiger partial charge is 0.0662 e. The van der Waals surface area contributed by atoms with Gasteiger partial charge in [-0.1, -0.05) is 18.2 Å². The Hall–Kier alpha value is -0.940. The Morgan fingerprint density at radius 1 is 0.588 bits per heavy atom. The third kappa shape index (κ3) is 2290. The molecular weight excluding hydrogens is 220 g/mol. The van der Waals surface area contributed by atoms with Crippen LogP contribution in [0.5, 0.6) is 0 Å². The molecule has 0 spiro atoms. The van der Waals surface area contributed by atoms with Gasteiger partial charge in [0.1, 0.15) is 0 Å². The second-order valence-electron chi connectivity index (χ2n) is 2.12. The molecule has 0 aliphatic rings. The Bertz CT molecular complexity index is 81.3. The van der Waals surface area contributed by atoms with E-state index in [1.807, 2.05) is 20.8 Å². The molecule has 0 unspecified atom stereocenters. The second kappa shape index (κ2) is 81.1. The molecule has 17 heavy (non-hydrogen) atoms. The molecule has 0 amide bonds. The van der Waals surface area contributed by atoms with E-state index >= 15 is 0 Å². The zero-order valence-electron chi connectivity index (χ0n) is 11.5. The van der Waals surface area contributed by atoms with Crippen molar-refractivity contribution in [2.75, 3.05) is 26.4 Å². The Kier molecular flexibility index (Phi) is 142. The molecule has 0 heterocycles. The van der Waals surface area contributed by atoms with E-state index in [-0.39, 0.29) is 26.4 Å². The number of rotatable bonds is 2. The number of allylic oxidation sites excluding steroid dienone is 3. The van der Waals surface area contributed by atoms with E-state index in [0.29, 0.717) is 0 Å². The van der Waals surface area contributed by atoms with Crippen LogP contribution < -0.4 is 0 Å². The van der Waals surface area contributed by atoms with E-state index in [2.05, 4.69) is 19.7 Å². The molecule has 0 aromatic rings. The zero-order valence-corrected chi connectivity index (χ0v) is 11.5. The SMILES string of the molecule is C=CC.C=CC.C=CC.OCCO.OCCO. The van der Waals surface area contributed by atoms with Gasteiger partial charge < -0.3 is 20.4 Å². The molecule has 0 atom stereocenters. The van der Waals surface area contributed by atoms with Crippen LogP contribution >= 0.6 is 0 Å². The van der Waals surface area contributed by atoms with Crippen molar-refractivity contribution in [1.29, 1.82) is 0 Å². The lowest BCUT2D eigenvalue weighted by Gasteiger charge is -1.70. The van der Waals surface area contributed by atoms with Crippen molar-refractivity contribution in [2.24, 2.45) is 0 Å². The van der Waals surface area contributed by atoms with Crippen LogP contribution in [-0.4, -0.2) is 46.9 Å². The van der Waals surface area contributed by atoms with Crippen molar-refractivity contribution in [3.8, 4) is 0 Å². The maximum atomic E-state index is 7.62. The van der Waals surface area contributed by atoms with E-state index in [4.69, 9.17) is 20.4 Å². The van der Waals surface area contributed by atoms with Gasteiger partial charge in [0.25, 0.3) is 0 Å². The molecule has 0 saturated heterocycles. The van der Waals surface area contributed by atoms with Crippen LogP contribution in [-0.2, 0) is 0 Å². The molecule has 0 aliphatic carbocycles. The van der Waals surface area contributed by atoms with Crippen molar-refractivity contribution >= 4 is 0 Å². The van der Waals surface area contributed by atoms with Gasteiger partial charge in [0, 0.05) is 0 Å². The van der Waals surface area contributed by atoms with Crippen molar-refractivity contribution in [3.63, 3.8) is 0 Å². The fourth-order valence-corrected chi connectivity index (χ4v) is 0. The zero-order chi connectivity index (χ0) is 14.9. The van der Waals surface area contributed by atoms with E-state index in [0.717, 1.165) is 0 Å². The summed E-state index contributed by atoms with van der Waals surface area (Å²) in [7, 11) is 0. The summed E-state index contributed by atoms with van der Waals surface area (Å²) in [5.41, 5.74) is 0. The molecule has 0 radical (unpaired) electrons. The Morgan fingerprint density at radius 3 is 0.647 bits per heavy atom. The highest BCUT2D eigenvalue weighted by Gasteiger charge is 1.58. The maximum absolute atomic E-state index is 7.62. The third-order valence-corrected chi connectivity index (χ3v) is 0.200. The summed E-state index contributed by atoms with van der Waals surface area (Å²) in [6.07, 6.45) is 5.25. The first-order chi connectivity index (χ1) is 8.07. The third-order valence-electron chi connectivity index (χ3n) is 0.200. The molecule has 4 N–H and O–H groups in total. The largest absolute Gasteiger partial charge is 0.394 e. The summed E-state index contributed by atoms with van der Waals surface area (Å²) in [4.78, 5) is 0. The van der Waals surface area contributed by atoms with Gasteiger partial charge in [0.05, 0.1) is 26.4 Å². The standard InChI is InChI=1S/3C3H6.2C2H6O2/c3*1-3-2;2*3-1-2-4/h3*3H,1H2,2H3;2*3-4H,1-2H2. The minimum Gasteiger partial charge on any atom is -0.394 e. The monoisotopic (exact) mass is 250 g/mol. The van der Waals surface area contributed by atoms with Crippen LogP contribution in [0.3, 0.4) is 0 Å². The quantitative estimate of drug-likeness (QED) is 0.560. The predicted molar refractivity (Wildman–Crippen MR) is 76.0 cm³/mol. The molecular formula is C13H30O4. The van der Waals surface area contributed by atoms with Gasteiger partial charge >= 0.3 is 0 Å². The summed E-state index contributed by atoms with van der Waals surface area (Å²) in [6.45, 7) is 15.2. The summed E-state index contributed by atoms with van der Waals surface area (Å²) in [5.74, 6) is 0. The van der Waals surface area contributed by atoms with Crippen LogP contribution in [0.4, 0.5) is 0 Å². The van der Waals surface area contributed by atoms with Gasteiger partial charge in [-0.25, -0.2) is 0 Å². The Balaban J connectivity index is -0.0000000356. The summed E-state index contributed by atoms with van der Waals surface area (Å²) in [5, 5.41) is 30.5. The van der Waals surface area contributed by atoms with Gasteiger partial charge in [-0.3, -0.25) is 0 Å². The highest BCUT2D eigenvalue weighted by Crippen LogP contribution is 1.40. The van der Waals surface area contributed by atoms with Crippen molar-refractivity contribution in [3.05, 3.63) is 38.0 Å². The number of hydrogen-bond acceptors (Lipinski definition) is 4. The van der Waals surface area contributed by atoms with E-state index in [1.165, 1.54) is 0 Å². The molecule has 0 rings (SSSR count). The van der Waals surface area contributed by atoms with E-state index < -0.39 is 0 Å². The average Bonchev–Trinajstić information content (AvgIpc) is 2.32. The Labute approximate surface area is 106 Å². The van der Waals surface area contributed by atoms with Gasteiger partial charge in [0.2, 0.25) is 0 Å². The van der Waals surface area contributed by atoms with Crippen molar-refractivity contribution < 1.29 is 20.4 Å². The lowest BCUT2D eigenvalue weighted by molar-refractivity contribution is 0.186. The topological polar surface area (TPSA) is 80.9 Å². The fourth-order valence-electron chi connectivity index (χ4n) is 0. The van der Waals surface area contributed by atoms with E-state index in [9.17, 15) is 0 Å². The molecule has 0 bridgehead atoms. The maximum Gasteiger partial charge on any atom is 0.0662 e. The van der Waals surface area contributed by atoms with Gasteiger partial charge in [-0.15, -0.1) is 19.7 Å². The molecule has 0 fully saturated rings. The molecule has 4 nitrogen and oxygen atoms in total. The number of aliphatic hydroxyl groups is 4. The summed E-state index contributed by atoms with van der Waals surface area (Å²) in [6, 6.07) is 0. The first-order valence-corrected chi connectivity index (χ1v) is 5.22. The second-order valence-corrected chi connectivity index (χ2v) is 2.12. The fraction of sp³-hybridized carbons (Fsp3) is 0.538. The van der Waals surface area contributed by atoms with Crippen LogP contribution in [0.2, 0.25) is 0 Å². The highest BCUT2D eigenvalue weighted by atomic mass is 16.3. The first-order valence-electron chi connectivity index (χ1n) is 5.22. The summed E-state index contributed by atoms with van der Waals surface area (Å²) < 4.78 is 0. The molecule has 106 valence electrons. The molecule has 4 heteroatoms. The molecule has 0 saturated carbocycles. The minimum atomic E-state index is -0.125. The van der Waals surface area contributed by atoms with Gasteiger partial charge in [-0.05, 0) is 20.8 Å². The molecule has 0 aliphatic heterocycles. The van der Waals surface area contributed by atoms with Crippen molar-refractivity contribution in [1.82, 2.24) is 0 Å². The highest BCUT2D eigenvalue weighted by molar-refractivity contribution is 4.52. The van der Waals surface area contributed by atoms with Crippen LogP contribution in [0.1, 0.15) is 20.8 Å². The number of aliphatic hydroxyl groups excluding tert-OH is 4. The molecule has 0 aromatic carbocycles. The van der Waals surface area contributed by atoms with E-state index in [1.54, 1.807) is 18.2 Å². The normalized spacial score (nSPS) is 5.82. The number of hydrogen-bond donors (Lipinski definition) is 4. The predicted octanol–water partition coefficient (Wildman–Crippen LogP) is 1.52. The average molecular weight is 250 g/mol. The van der Waals surface area contributed by atoms with Crippen LogP contribution in [0.25, 0.3) is 0 Å². The Morgan fingerprint density at radius 2 is 0.647 bits per heavy atom.